The molecule has 5 heterocycles. The van der Waals surface area contributed by atoms with Gasteiger partial charge in [0.1, 0.15) is 35.7 Å². The number of alkyl halides is 1. The predicted octanol–water partition coefficient (Wildman–Crippen LogP) is 5.56. The van der Waals surface area contributed by atoms with E-state index in [1.807, 2.05) is 0 Å². The molecule has 45 heavy (non-hydrogen) atoms. The molecule has 4 fully saturated rings. The molecule has 1 aromatic heterocycles. The number of nitrogens with one attached hydrogen (secondary N) is 1. The Bertz CT molecular complexity index is 1860. The molecule has 0 unspecified atom stereocenters. The highest BCUT2D eigenvalue weighted by atomic mass is 19.1. The molecule has 8 rings (SSSR count). The van der Waals surface area contributed by atoms with Crippen molar-refractivity contribution in [2.24, 2.45) is 5.92 Å². The molecule has 4 aromatic rings. The molecule has 4 atom stereocenters. The summed E-state index contributed by atoms with van der Waals surface area (Å²) in [4.78, 5) is 13.8. The fraction of sp³-hybridized carbons (Fsp3) is 0.429. The smallest absolute Gasteiger partial charge is 0.319 e. The maximum atomic E-state index is 16.8. The van der Waals surface area contributed by atoms with E-state index in [-0.39, 0.29) is 40.6 Å². The molecule has 4 saturated heterocycles. The fourth-order valence-electron chi connectivity index (χ4n) is 8.29. The normalized spacial score (nSPS) is 26.4. The number of aromatic hydroxyl groups is 1. The summed E-state index contributed by atoms with van der Waals surface area (Å²) in [6.07, 6.45) is 9.21. The van der Waals surface area contributed by atoms with Crippen LogP contribution in [0.3, 0.4) is 0 Å². The first-order valence-electron chi connectivity index (χ1n) is 15.8. The van der Waals surface area contributed by atoms with E-state index in [4.69, 9.17) is 16.1 Å². The Hall–Kier alpha value is -4.07. The molecule has 2 N–H and O–H groups in total. The van der Waals surface area contributed by atoms with E-state index < -0.39 is 23.3 Å². The first kappa shape index (κ1) is 28.4. The van der Waals surface area contributed by atoms with E-state index in [0.29, 0.717) is 46.9 Å². The van der Waals surface area contributed by atoms with Crippen LogP contribution in [-0.4, -0.2) is 77.1 Å². The Morgan fingerprint density at radius 3 is 2.82 bits per heavy atom. The molecule has 7 nitrogen and oxygen atoms in total. The standard InChI is InChI=1S/C35H34F3N5O2/c1-2-24-28(37)9-6-20-13-23(44)14-27(30(20)24)25-7-8-26-32(31(25)38)40-34(45-19-35-10-4-12-43(35)17-22(36)15-35)41-33(26)42-16-21-5-3-11-39-29(21)18-42/h1,6-9,13-14,21-22,29,39,44H,3-5,10-12,15-19H2/t21-,22-,29+,35+/m1/s1. The topological polar surface area (TPSA) is 73.8 Å². The maximum Gasteiger partial charge on any atom is 0.319 e. The van der Waals surface area contributed by atoms with Crippen molar-refractivity contribution in [1.29, 1.82) is 0 Å². The van der Waals surface area contributed by atoms with Gasteiger partial charge in [-0.05, 0) is 79.9 Å². The zero-order valence-corrected chi connectivity index (χ0v) is 24.8. The van der Waals surface area contributed by atoms with Crippen LogP contribution in [0.15, 0.2) is 36.4 Å². The summed E-state index contributed by atoms with van der Waals surface area (Å²) in [6, 6.07) is 9.36. The fourth-order valence-corrected chi connectivity index (χ4v) is 8.29. The summed E-state index contributed by atoms with van der Waals surface area (Å²) in [6.45, 7) is 3.91. The average Bonchev–Trinajstić information content (AvgIpc) is 3.72. The number of ether oxygens (including phenoxy) is 1. The SMILES string of the molecule is C#Cc1c(F)ccc2cc(O)cc(-c3ccc4c(N5C[C@H]6CCCN[C@H]6C5)nc(OC[C@@]56CCCN5C[C@H](F)C6)nc4c3F)c12. The number of terminal acetylenes is 1. The summed E-state index contributed by atoms with van der Waals surface area (Å²) >= 11 is 0. The van der Waals surface area contributed by atoms with E-state index in [2.05, 4.69) is 26.0 Å². The highest BCUT2D eigenvalue weighted by molar-refractivity contribution is 6.04. The number of piperidine rings is 1. The van der Waals surface area contributed by atoms with Crippen LogP contribution in [0.5, 0.6) is 11.8 Å². The molecule has 4 aliphatic rings. The quantitative estimate of drug-likeness (QED) is 0.286. The van der Waals surface area contributed by atoms with Gasteiger partial charge in [-0.2, -0.15) is 9.97 Å². The third kappa shape index (κ3) is 4.67. The number of nitrogens with zero attached hydrogens (tertiary/aromatic N) is 4. The number of hydrogen-bond acceptors (Lipinski definition) is 7. The first-order valence-corrected chi connectivity index (χ1v) is 15.8. The predicted molar refractivity (Wildman–Crippen MR) is 167 cm³/mol. The zero-order chi connectivity index (χ0) is 30.9. The van der Waals surface area contributed by atoms with Gasteiger partial charge in [0, 0.05) is 48.4 Å². The van der Waals surface area contributed by atoms with E-state index in [9.17, 15) is 13.9 Å². The van der Waals surface area contributed by atoms with Crippen LogP contribution in [-0.2, 0) is 0 Å². The van der Waals surface area contributed by atoms with Crippen LogP contribution in [0.4, 0.5) is 19.0 Å². The van der Waals surface area contributed by atoms with Crippen molar-refractivity contribution in [1.82, 2.24) is 20.2 Å². The number of hydrogen-bond donors (Lipinski definition) is 2. The van der Waals surface area contributed by atoms with E-state index in [1.54, 1.807) is 12.1 Å². The molecule has 0 spiro atoms. The number of fused-ring (bicyclic) bond motifs is 4. The lowest BCUT2D eigenvalue weighted by Gasteiger charge is -2.31. The minimum atomic E-state index is -0.905. The number of phenolic OH excluding ortho intramolecular Hbond substituents is 1. The Balaban J connectivity index is 1.27. The Labute approximate surface area is 259 Å². The van der Waals surface area contributed by atoms with E-state index in [0.717, 1.165) is 51.9 Å². The second kappa shape index (κ2) is 10.8. The third-order valence-corrected chi connectivity index (χ3v) is 10.4. The van der Waals surface area contributed by atoms with Crippen LogP contribution in [0.2, 0.25) is 0 Å². The molecular weight excluding hydrogens is 579 g/mol. The number of aromatic nitrogens is 2. The van der Waals surface area contributed by atoms with Crippen molar-refractivity contribution in [3.63, 3.8) is 0 Å². The second-order valence-corrected chi connectivity index (χ2v) is 13.0. The van der Waals surface area contributed by atoms with Gasteiger partial charge in [-0.25, -0.2) is 13.2 Å². The molecule has 232 valence electrons. The Morgan fingerprint density at radius 1 is 1.09 bits per heavy atom. The zero-order valence-electron chi connectivity index (χ0n) is 24.8. The lowest BCUT2D eigenvalue weighted by molar-refractivity contribution is 0.107. The van der Waals surface area contributed by atoms with Gasteiger partial charge in [-0.1, -0.05) is 18.1 Å². The van der Waals surface area contributed by atoms with Gasteiger partial charge >= 0.3 is 6.01 Å². The maximum absolute atomic E-state index is 16.8. The van der Waals surface area contributed by atoms with Crippen LogP contribution in [0, 0.1) is 29.9 Å². The Morgan fingerprint density at radius 2 is 1.98 bits per heavy atom. The molecule has 0 saturated carbocycles. The van der Waals surface area contributed by atoms with Crippen molar-refractivity contribution in [3.05, 3.63) is 53.6 Å². The van der Waals surface area contributed by atoms with Crippen molar-refractivity contribution >= 4 is 27.5 Å². The summed E-state index contributed by atoms with van der Waals surface area (Å²) in [7, 11) is 0. The minimum absolute atomic E-state index is 0.00956. The van der Waals surface area contributed by atoms with Crippen molar-refractivity contribution in [2.45, 2.75) is 49.9 Å². The largest absolute Gasteiger partial charge is 0.508 e. The number of halogens is 3. The number of phenols is 1. The summed E-state index contributed by atoms with van der Waals surface area (Å²) in [5, 5.41) is 15.5. The van der Waals surface area contributed by atoms with Gasteiger partial charge in [-0.15, -0.1) is 6.42 Å². The first-order chi connectivity index (χ1) is 21.8. The molecule has 3 aromatic carbocycles. The van der Waals surface area contributed by atoms with E-state index >= 15 is 4.39 Å². The molecule has 0 aliphatic carbocycles. The molecule has 4 aliphatic heterocycles. The van der Waals surface area contributed by atoms with Crippen LogP contribution < -0.4 is 15.0 Å². The highest BCUT2D eigenvalue weighted by Crippen LogP contribution is 2.43. The summed E-state index contributed by atoms with van der Waals surface area (Å²) in [5.41, 5.74) is 0.0116. The third-order valence-electron chi connectivity index (χ3n) is 10.4. The van der Waals surface area contributed by atoms with E-state index in [1.165, 1.54) is 24.3 Å². The van der Waals surface area contributed by atoms with Gasteiger partial charge in [0.05, 0.1) is 11.1 Å². The lowest BCUT2D eigenvalue weighted by Crippen LogP contribution is -2.43. The van der Waals surface area contributed by atoms with Gasteiger partial charge in [0.15, 0.2) is 5.82 Å². The van der Waals surface area contributed by atoms with Crippen LogP contribution in [0.1, 0.15) is 37.7 Å². The Kier molecular flexibility index (Phi) is 6.80. The van der Waals surface area contributed by atoms with Crippen LogP contribution >= 0.6 is 0 Å². The molecule has 10 heteroatoms. The number of anilines is 1. The van der Waals surface area contributed by atoms with Crippen molar-refractivity contribution < 1.29 is 23.0 Å². The van der Waals surface area contributed by atoms with Crippen molar-refractivity contribution in [3.8, 4) is 35.2 Å². The number of benzene rings is 3. The summed E-state index contributed by atoms with van der Waals surface area (Å²) < 4.78 is 52.4. The minimum Gasteiger partial charge on any atom is -0.508 e. The monoisotopic (exact) mass is 613 g/mol. The molecule has 0 amide bonds. The van der Waals surface area contributed by atoms with Gasteiger partial charge < -0.3 is 20.1 Å². The van der Waals surface area contributed by atoms with Crippen LogP contribution in [0.25, 0.3) is 32.8 Å². The van der Waals surface area contributed by atoms with Crippen molar-refractivity contribution in [2.75, 3.05) is 44.2 Å². The number of rotatable bonds is 5. The molecule has 0 bridgehead atoms. The molecule has 0 radical (unpaired) electrons. The highest BCUT2D eigenvalue weighted by Gasteiger charge is 2.49. The second-order valence-electron chi connectivity index (χ2n) is 13.0. The summed E-state index contributed by atoms with van der Waals surface area (Å²) in [5.74, 6) is 2.08. The average molecular weight is 614 g/mol. The van der Waals surface area contributed by atoms with Gasteiger partial charge in [-0.3, -0.25) is 4.90 Å². The van der Waals surface area contributed by atoms with Gasteiger partial charge in [0.25, 0.3) is 0 Å². The molecular formula is C35H34F3N5O2. The van der Waals surface area contributed by atoms with Gasteiger partial charge in [0.2, 0.25) is 0 Å². The lowest BCUT2D eigenvalue weighted by atomic mass is 9.93.